The van der Waals surface area contributed by atoms with E-state index in [0.29, 0.717) is 0 Å². The van der Waals surface area contributed by atoms with Crippen LogP contribution in [0.15, 0.2) is 0 Å². The molecule has 0 unspecified atom stereocenters. The molecular weight excluding hydrogens is 128 g/mol. The third kappa shape index (κ3) is 8.91. The van der Waals surface area contributed by atoms with Gasteiger partial charge in [0.15, 0.2) is 0 Å². The van der Waals surface area contributed by atoms with Crippen LogP contribution in [0, 0.1) is 0 Å². The zero-order chi connectivity index (χ0) is 4.28. The van der Waals surface area contributed by atoms with Gasteiger partial charge in [-0.15, -0.1) is 0 Å². The molecule has 2 radical (unpaired) electrons. The van der Waals surface area contributed by atoms with Gasteiger partial charge in [-0.05, 0) is 0 Å². The number of aliphatic carboxylic acids is 1. The van der Waals surface area contributed by atoms with E-state index < -0.39 is 5.97 Å². The Kier molecular flexibility index (Phi) is 10.3. The Morgan fingerprint density at radius 1 is 1.83 bits per heavy atom. The van der Waals surface area contributed by atoms with Crippen molar-refractivity contribution in [1.29, 1.82) is 0 Å². The van der Waals surface area contributed by atoms with Gasteiger partial charge >= 0.3 is 5.97 Å². The van der Waals surface area contributed by atoms with Gasteiger partial charge in [-0.1, -0.05) is 0 Å². The molecule has 0 bridgehead atoms. The molecule has 2 nitrogen and oxygen atoms in total. The number of rotatable bonds is 1. The fourth-order valence-electron chi connectivity index (χ4n) is 0. The monoisotopic (exact) mass is 132 g/mol. The minimum atomic E-state index is -0.881. The standard InChI is InChI=1S/C2H4O2S.Ca/c3-2(4)1-5;/h5H,1H2,(H,3,4);. The first-order chi connectivity index (χ1) is 2.27. The second-order valence-corrected chi connectivity index (χ2v) is 0.868. The predicted octanol–water partition coefficient (Wildman–Crippen LogP) is -0.380. The number of carbonyl (C=O) groups is 1. The smallest absolute Gasteiger partial charge is 0.313 e. The average molecular weight is 132 g/mol. The number of thiol groups is 1. The first-order valence-corrected chi connectivity index (χ1v) is 1.73. The van der Waals surface area contributed by atoms with Crippen LogP contribution in [0.4, 0.5) is 0 Å². The molecule has 0 saturated carbocycles. The molecule has 0 amide bonds. The minimum Gasteiger partial charge on any atom is -0.481 e. The van der Waals surface area contributed by atoms with Gasteiger partial charge in [0.25, 0.3) is 0 Å². The van der Waals surface area contributed by atoms with E-state index in [1.54, 1.807) is 0 Å². The van der Waals surface area contributed by atoms with Gasteiger partial charge in [0.1, 0.15) is 0 Å². The van der Waals surface area contributed by atoms with Crippen LogP contribution >= 0.6 is 12.6 Å². The topological polar surface area (TPSA) is 37.3 Å². The largest absolute Gasteiger partial charge is 0.481 e. The van der Waals surface area contributed by atoms with Crippen molar-refractivity contribution in [2.75, 3.05) is 5.75 Å². The van der Waals surface area contributed by atoms with E-state index >= 15 is 0 Å². The van der Waals surface area contributed by atoms with Crippen molar-refractivity contribution < 1.29 is 9.90 Å². The molecular formula is C2H4CaO2S. The SMILES string of the molecule is O=C(O)CS.[Ca]. The summed E-state index contributed by atoms with van der Waals surface area (Å²) in [5.74, 6) is -0.965. The minimum absolute atomic E-state index is 0. The van der Waals surface area contributed by atoms with Crippen molar-refractivity contribution in [2.24, 2.45) is 0 Å². The molecule has 6 heavy (non-hydrogen) atoms. The molecule has 0 fully saturated rings. The van der Waals surface area contributed by atoms with Gasteiger partial charge < -0.3 is 5.11 Å². The van der Waals surface area contributed by atoms with Crippen molar-refractivity contribution in [2.45, 2.75) is 0 Å². The predicted molar refractivity (Wildman–Crippen MR) is 27.2 cm³/mol. The van der Waals surface area contributed by atoms with Crippen molar-refractivity contribution in [1.82, 2.24) is 0 Å². The van der Waals surface area contributed by atoms with Crippen LogP contribution in [0.5, 0.6) is 0 Å². The quantitative estimate of drug-likeness (QED) is 0.377. The fraction of sp³-hybridized carbons (Fsp3) is 0.500. The third-order valence-electron chi connectivity index (χ3n) is 0.135. The molecule has 0 heterocycles. The summed E-state index contributed by atoms with van der Waals surface area (Å²) in [5.41, 5.74) is 0. The van der Waals surface area contributed by atoms with Gasteiger partial charge in [0.2, 0.25) is 0 Å². The van der Waals surface area contributed by atoms with E-state index in [9.17, 15) is 4.79 Å². The Morgan fingerprint density at radius 3 is 2.00 bits per heavy atom. The van der Waals surface area contributed by atoms with Gasteiger partial charge in [0.05, 0.1) is 5.75 Å². The zero-order valence-electron chi connectivity index (χ0n) is 3.22. The van der Waals surface area contributed by atoms with Crippen LogP contribution in [0.3, 0.4) is 0 Å². The molecule has 0 atom stereocenters. The summed E-state index contributed by atoms with van der Waals surface area (Å²) >= 11 is 3.42. The van der Waals surface area contributed by atoms with E-state index in [1.165, 1.54) is 0 Å². The van der Waals surface area contributed by atoms with Crippen LogP contribution in [0.2, 0.25) is 0 Å². The van der Waals surface area contributed by atoms with Crippen LogP contribution in [-0.2, 0) is 4.79 Å². The summed E-state index contributed by atoms with van der Waals surface area (Å²) in [6.45, 7) is 0. The summed E-state index contributed by atoms with van der Waals surface area (Å²) < 4.78 is 0. The molecule has 0 aromatic rings. The van der Waals surface area contributed by atoms with E-state index in [4.69, 9.17) is 5.11 Å². The average Bonchev–Trinajstić information content (AvgIpc) is 1.38. The molecule has 0 aromatic heterocycles. The van der Waals surface area contributed by atoms with Crippen LogP contribution in [0.1, 0.15) is 0 Å². The second kappa shape index (κ2) is 6.08. The summed E-state index contributed by atoms with van der Waals surface area (Å²) in [6, 6.07) is 0. The normalized spacial score (nSPS) is 6.17. The molecule has 0 aliphatic carbocycles. The molecule has 0 aliphatic heterocycles. The van der Waals surface area contributed by atoms with Gasteiger partial charge in [-0.3, -0.25) is 4.79 Å². The summed E-state index contributed by atoms with van der Waals surface area (Å²) in [5, 5.41) is 7.65. The van der Waals surface area contributed by atoms with Gasteiger partial charge in [-0.25, -0.2) is 0 Å². The zero-order valence-corrected chi connectivity index (χ0v) is 6.32. The summed E-state index contributed by atoms with van der Waals surface area (Å²) in [4.78, 5) is 9.29. The fourth-order valence-corrected chi connectivity index (χ4v) is 0. The first kappa shape index (κ1) is 10.1. The van der Waals surface area contributed by atoms with Gasteiger partial charge in [-0.2, -0.15) is 12.6 Å². The maximum atomic E-state index is 9.29. The molecule has 0 spiro atoms. The van der Waals surface area contributed by atoms with E-state index in [-0.39, 0.29) is 43.5 Å². The number of hydrogen-bond donors (Lipinski definition) is 2. The summed E-state index contributed by atoms with van der Waals surface area (Å²) in [7, 11) is 0. The van der Waals surface area contributed by atoms with Crippen molar-refractivity contribution in [3.8, 4) is 0 Å². The van der Waals surface area contributed by atoms with Crippen LogP contribution in [0.25, 0.3) is 0 Å². The van der Waals surface area contributed by atoms with E-state index in [1.807, 2.05) is 0 Å². The van der Waals surface area contributed by atoms with Crippen LogP contribution in [-0.4, -0.2) is 54.6 Å². The Balaban J connectivity index is 0. The second-order valence-electron chi connectivity index (χ2n) is 0.552. The van der Waals surface area contributed by atoms with Crippen LogP contribution < -0.4 is 0 Å². The number of carboxylic acid groups (broad SMARTS) is 1. The molecule has 0 rings (SSSR count). The maximum absolute atomic E-state index is 9.29. The summed E-state index contributed by atoms with van der Waals surface area (Å²) in [6.07, 6.45) is 0. The molecule has 1 N–H and O–H groups in total. The number of hydrogen-bond acceptors (Lipinski definition) is 2. The van der Waals surface area contributed by atoms with Gasteiger partial charge in [0, 0.05) is 37.7 Å². The van der Waals surface area contributed by atoms with Crippen molar-refractivity contribution in [3.05, 3.63) is 0 Å². The van der Waals surface area contributed by atoms with E-state index in [0.717, 1.165) is 0 Å². The Labute approximate surface area is 71.3 Å². The molecule has 4 heteroatoms. The molecule has 0 aliphatic rings. The Morgan fingerprint density at radius 2 is 2.00 bits per heavy atom. The molecule has 0 aromatic carbocycles. The maximum Gasteiger partial charge on any atom is 0.313 e. The molecule has 0 saturated heterocycles. The third-order valence-corrected chi connectivity index (χ3v) is 0.406. The first-order valence-electron chi connectivity index (χ1n) is 1.10. The Bertz CT molecular complexity index is 46.8. The van der Waals surface area contributed by atoms with Crippen molar-refractivity contribution >= 4 is 56.3 Å². The van der Waals surface area contributed by atoms with E-state index in [2.05, 4.69) is 12.6 Å². The number of carboxylic acids is 1. The molecule has 32 valence electrons. The Hall–Kier alpha value is 1.08. The van der Waals surface area contributed by atoms with Crippen molar-refractivity contribution in [3.63, 3.8) is 0 Å².